The fourth-order valence-corrected chi connectivity index (χ4v) is 8.65. The van der Waals surface area contributed by atoms with E-state index in [4.69, 9.17) is 29.2 Å². The second-order valence-electron chi connectivity index (χ2n) is 13.7. The Balaban J connectivity index is 1.24. The SMILES string of the molecule is C[C@@H]1CCCc2cc3[nH]ncc3c(-c3nc4c5c(nc(OC[C@@]67CCCN6C/C(=C/F)C7)nc5c3F)N3CCCOC[C@H]3CO4)c21. The minimum absolute atomic E-state index is 0.103. The quantitative estimate of drug-likeness (QED) is 0.309. The molecule has 3 saturated heterocycles. The van der Waals surface area contributed by atoms with Gasteiger partial charge in [-0.15, -0.1) is 0 Å². The van der Waals surface area contributed by atoms with Crippen LogP contribution in [0.4, 0.5) is 14.6 Å². The van der Waals surface area contributed by atoms with Gasteiger partial charge in [-0.25, -0.2) is 13.8 Å². The molecule has 3 fully saturated rings. The number of aromatic amines is 1. The summed E-state index contributed by atoms with van der Waals surface area (Å²) in [5, 5.41) is 8.70. The minimum Gasteiger partial charge on any atom is -0.475 e. The highest BCUT2D eigenvalue weighted by molar-refractivity contribution is 6.02. The number of aryl methyl sites for hydroxylation is 1. The number of halogens is 2. The van der Waals surface area contributed by atoms with Crippen molar-refractivity contribution in [3.05, 3.63) is 41.1 Å². The number of ether oxygens (including phenoxy) is 3. The summed E-state index contributed by atoms with van der Waals surface area (Å²) in [5.74, 6) is 0.563. The van der Waals surface area contributed by atoms with Gasteiger partial charge in [0.25, 0.3) is 0 Å². The van der Waals surface area contributed by atoms with Crippen LogP contribution in [0.1, 0.15) is 62.5 Å². The van der Waals surface area contributed by atoms with Gasteiger partial charge in [-0.05, 0) is 80.2 Å². The Morgan fingerprint density at radius 3 is 3.02 bits per heavy atom. The number of nitrogens with zero attached hydrogens (tertiary/aromatic N) is 6. The molecule has 9 rings (SSSR count). The van der Waals surface area contributed by atoms with Crippen LogP contribution >= 0.6 is 0 Å². The van der Waals surface area contributed by atoms with E-state index in [1.165, 1.54) is 5.56 Å². The maximum Gasteiger partial charge on any atom is 0.319 e. The van der Waals surface area contributed by atoms with E-state index in [9.17, 15) is 4.39 Å². The van der Waals surface area contributed by atoms with E-state index in [1.807, 2.05) is 0 Å². The standard InChI is InChI=1S/C34H37F2N7O3/c1-19-5-2-6-21-11-24-23(14-37-41-24)26(25(19)21)29-28(36)30-27-31(43-9-4-10-44-16-22(43)17-45-32(27)38-29)40-33(39-30)46-18-34-7-3-8-42(34)15-20(12-34)13-35/h11,13-14,19,22H,2-10,12,15-18H2,1H3,(H,37,41)/b20-13+/t19-,22+,34+/m1/s1. The van der Waals surface area contributed by atoms with E-state index >= 15 is 4.39 Å². The van der Waals surface area contributed by atoms with Crippen LogP contribution in [0.15, 0.2) is 24.2 Å². The number of pyridine rings is 1. The number of benzene rings is 1. The molecule has 1 N–H and O–H groups in total. The molecule has 10 nitrogen and oxygen atoms in total. The third kappa shape index (κ3) is 4.32. The van der Waals surface area contributed by atoms with Crippen LogP contribution in [0.3, 0.4) is 0 Å². The summed E-state index contributed by atoms with van der Waals surface area (Å²) >= 11 is 0. The molecular formula is C34H37F2N7O3. The van der Waals surface area contributed by atoms with Crippen molar-refractivity contribution in [1.29, 1.82) is 0 Å². The van der Waals surface area contributed by atoms with Gasteiger partial charge in [0.2, 0.25) is 5.88 Å². The molecular weight excluding hydrogens is 592 g/mol. The first-order valence-electron chi connectivity index (χ1n) is 16.6. The van der Waals surface area contributed by atoms with Crippen LogP contribution in [0.5, 0.6) is 11.9 Å². The largest absolute Gasteiger partial charge is 0.475 e. The van der Waals surface area contributed by atoms with Crippen molar-refractivity contribution < 1.29 is 23.0 Å². The van der Waals surface area contributed by atoms with Gasteiger partial charge in [0.05, 0.1) is 36.2 Å². The third-order valence-corrected chi connectivity index (χ3v) is 10.8. The van der Waals surface area contributed by atoms with Crippen molar-refractivity contribution in [2.24, 2.45) is 0 Å². The highest BCUT2D eigenvalue weighted by Crippen LogP contribution is 2.47. The first-order chi connectivity index (χ1) is 22.5. The molecule has 3 aromatic heterocycles. The molecule has 46 heavy (non-hydrogen) atoms. The average Bonchev–Trinajstić information content (AvgIpc) is 3.69. The Labute approximate surface area is 265 Å². The van der Waals surface area contributed by atoms with Crippen molar-refractivity contribution in [2.75, 3.05) is 51.0 Å². The second-order valence-corrected chi connectivity index (χ2v) is 13.7. The fourth-order valence-electron chi connectivity index (χ4n) is 8.65. The van der Waals surface area contributed by atoms with Gasteiger partial charge >= 0.3 is 6.01 Å². The van der Waals surface area contributed by atoms with E-state index in [1.54, 1.807) is 6.20 Å². The summed E-state index contributed by atoms with van der Waals surface area (Å²) < 4.78 is 49.6. The van der Waals surface area contributed by atoms with Crippen LogP contribution in [-0.4, -0.2) is 87.7 Å². The Bertz CT molecular complexity index is 1900. The number of hydrogen-bond donors (Lipinski definition) is 1. The molecule has 1 aromatic carbocycles. The maximum atomic E-state index is 17.3. The lowest BCUT2D eigenvalue weighted by Gasteiger charge is -2.31. The third-order valence-electron chi connectivity index (χ3n) is 10.8. The molecule has 4 aliphatic heterocycles. The monoisotopic (exact) mass is 629 g/mol. The number of anilines is 1. The van der Waals surface area contributed by atoms with Crippen molar-refractivity contribution in [2.45, 2.75) is 69.4 Å². The number of hydrogen-bond acceptors (Lipinski definition) is 9. The lowest BCUT2D eigenvalue weighted by Crippen LogP contribution is -2.43. The van der Waals surface area contributed by atoms with Crippen LogP contribution in [0, 0.1) is 5.82 Å². The fraction of sp³-hybridized carbons (Fsp3) is 0.529. The summed E-state index contributed by atoms with van der Waals surface area (Å²) in [7, 11) is 0. The van der Waals surface area contributed by atoms with Gasteiger partial charge in [0.15, 0.2) is 5.82 Å². The smallest absolute Gasteiger partial charge is 0.319 e. The number of rotatable bonds is 4. The predicted octanol–water partition coefficient (Wildman–Crippen LogP) is 5.61. The highest BCUT2D eigenvalue weighted by atomic mass is 19.1. The van der Waals surface area contributed by atoms with Gasteiger partial charge < -0.3 is 19.1 Å². The Kier molecular flexibility index (Phi) is 6.67. The van der Waals surface area contributed by atoms with Gasteiger partial charge in [-0.1, -0.05) is 6.92 Å². The topological polar surface area (TPSA) is 102 Å². The number of fused-ring (bicyclic) bond motifs is 5. The molecule has 4 aromatic rings. The molecule has 0 saturated carbocycles. The number of aromatic nitrogens is 5. The molecule has 5 aliphatic rings. The first-order valence-corrected chi connectivity index (χ1v) is 16.6. The molecule has 0 unspecified atom stereocenters. The van der Waals surface area contributed by atoms with Crippen LogP contribution in [0.25, 0.3) is 33.1 Å². The number of nitrogens with one attached hydrogen (secondary N) is 1. The average molecular weight is 630 g/mol. The van der Waals surface area contributed by atoms with Crippen molar-refractivity contribution in [3.8, 4) is 23.1 Å². The van der Waals surface area contributed by atoms with Crippen LogP contribution in [0.2, 0.25) is 0 Å². The van der Waals surface area contributed by atoms with E-state index in [2.05, 4.69) is 33.0 Å². The Morgan fingerprint density at radius 2 is 2.11 bits per heavy atom. The summed E-state index contributed by atoms with van der Waals surface area (Å²) in [6.45, 7) is 6.07. The van der Waals surface area contributed by atoms with Gasteiger partial charge in [0, 0.05) is 30.6 Å². The van der Waals surface area contributed by atoms with E-state index in [0.29, 0.717) is 63.0 Å². The molecule has 0 amide bonds. The molecule has 1 aliphatic carbocycles. The lowest BCUT2D eigenvalue weighted by molar-refractivity contribution is 0.108. The molecule has 3 atom stereocenters. The van der Waals surface area contributed by atoms with Gasteiger partial charge in [-0.3, -0.25) is 10.00 Å². The van der Waals surface area contributed by atoms with Gasteiger partial charge in [0.1, 0.15) is 35.6 Å². The summed E-state index contributed by atoms with van der Waals surface area (Å²) in [4.78, 5) is 19.1. The summed E-state index contributed by atoms with van der Waals surface area (Å²) in [6, 6.07) is 2.12. The highest BCUT2D eigenvalue weighted by Gasteiger charge is 2.47. The van der Waals surface area contributed by atoms with Crippen LogP contribution < -0.4 is 14.4 Å². The molecule has 0 bridgehead atoms. The molecule has 7 heterocycles. The van der Waals surface area contributed by atoms with E-state index < -0.39 is 5.82 Å². The zero-order valence-electron chi connectivity index (χ0n) is 26.0. The normalized spacial score (nSPS) is 26.9. The maximum absolute atomic E-state index is 17.3. The van der Waals surface area contributed by atoms with Crippen molar-refractivity contribution >= 4 is 27.6 Å². The van der Waals surface area contributed by atoms with E-state index in [0.717, 1.165) is 79.0 Å². The number of H-pyrrole nitrogens is 1. The molecule has 0 radical (unpaired) electrons. The molecule has 0 spiro atoms. The predicted molar refractivity (Wildman–Crippen MR) is 169 cm³/mol. The Morgan fingerprint density at radius 1 is 1.17 bits per heavy atom. The van der Waals surface area contributed by atoms with Crippen molar-refractivity contribution in [1.82, 2.24) is 30.0 Å². The zero-order valence-corrected chi connectivity index (χ0v) is 26.0. The van der Waals surface area contributed by atoms with Crippen molar-refractivity contribution in [3.63, 3.8) is 0 Å². The van der Waals surface area contributed by atoms with Crippen LogP contribution in [-0.2, 0) is 11.2 Å². The van der Waals surface area contributed by atoms with Gasteiger partial charge in [-0.2, -0.15) is 15.1 Å². The molecule has 240 valence electrons. The Hall–Kier alpha value is -3.90. The minimum atomic E-state index is -0.529. The first kappa shape index (κ1) is 28.3. The zero-order chi connectivity index (χ0) is 31.0. The summed E-state index contributed by atoms with van der Waals surface area (Å²) in [6.07, 6.45) is 8.81. The summed E-state index contributed by atoms with van der Waals surface area (Å²) in [5.41, 5.74) is 4.69. The van der Waals surface area contributed by atoms with E-state index in [-0.39, 0.29) is 34.7 Å². The second kappa shape index (κ2) is 10.8. The lowest BCUT2D eigenvalue weighted by atomic mass is 9.79. The molecule has 12 heteroatoms.